The van der Waals surface area contributed by atoms with Gasteiger partial charge in [-0.05, 0) is 44.4 Å². The maximum Gasteiger partial charge on any atom is 0.333 e. The summed E-state index contributed by atoms with van der Waals surface area (Å²) in [6, 6.07) is 0. The quantitative estimate of drug-likeness (QED) is 0.272. The van der Waals surface area contributed by atoms with Crippen molar-refractivity contribution in [2.45, 2.75) is 65.8 Å². The topological polar surface area (TPSA) is 62.5 Å². The van der Waals surface area contributed by atoms with Crippen LogP contribution in [-0.2, 0) is 9.53 Å². The summed E-state index contributed by atoms with van der Waals surface area (Å²) in [6.07, 6.45) is 3.34. The standard InChI is InChI=1S/C16H30N2O2/c1-12(2)10-16(18-17,11-13(3)4)8-7-9-20-15(19)14(5)6/h12-13,17H,5,7-11H2,1-4,6H3. The zero-order valence-electron chi connectivity index (χ0n) is 13.7. The molecule has 0 rings (SSSR count). The second kappa shape index (κ2) is 8.88. The second-order valence-corrected chi connectivity index (χ2v) is 6.55. The van der Waals surface area contributed by atoms with Crippen molar-refractivity contribution in [1.82, 2.24) is 0 Å². The molecule has 0 amide bonds. The SMILES string of the molecule is C=C(C)C(=O)OCCCC(CC(C)C)(CC(C)C)N=N. The molecule has 0 fully saturated rings. The molecule has 4 nitrogen and oxygen atoms in total. The van der Waals surface area contributed by atoms with Crippen LogP contribution in [0.15, 0.2) is 17.3 Å². The molecule has 0 radical (unpaired) electrons. The van der Waals surface area contributed by atoms with Crippen molar-refractivity contribution in [3.8, 4) is 0 Å². The predicted molar refractivity (Wildman–Crippen MR) is 81.8 cm³/mol. The fraction of sp³-hybridized carbons (Fsp3) is 0.812. The number of esters is 1. The third-order valence-corrected chi connectivity index (χ3v) is 3.18. The van der Waals surface area contributed by atoms with E-state index in [9.17, 15) is 4.79 Å². The number of carbonyl (C=O) groups is 1. The maximum atomic E-state index is 11.3. The first-order chi connectivity index (χ1) is 9.22. The van der Waals surface area contributed by atoms with Crippen molar-refractivity contribution >= 4 is 5.97 Å². The number of hydrogen-bond donors (Lipinski definition) is 1. The van der Waals surface area contributed by atoms with Crippen LogP contribution in [0, 0.1) is 17.4 Å². The predicted octanol–water partition coefficient (Wildman–Crippen LogP) is 4.75. The summed E-state index contributed by atoms with van der Waals surface area (Å²) in [6.45, 7) is 14.2. The van der Waals surface area contributed by atoms with Crippen molar-refractivity contribution in [3.63, 3.8) is 0 Å². The summed E-state index contributed by atoms with van der Waals surface area (Å²) >= 11 is 0. The number of nitrogens with one attached hydrogen (secondary N) is 1. The Bertz CT molecular complexity index is 325. The van der Waals surface area contributed by atoms with Crippen molar-refractivity contribution in [1.29, 1.82) is 5.53 Å². The van der Waals surface area contributed by atoms with Gasteiger partial charge in [-0.15, -0.1) is 0 Å². The Kier molecular flexibility index (Phi) is 8.35. The highest BCUT2D eigenvalue weighted by atomic mass is 16.5. The van der Waals surface area contributed by atoms with Crippen molar-refractivity contribution < 1.29 is 9.53 Å². The molecule has 0 atom stereocenters. The van der Waals surface area contributed by atoms with Gasteiger partial charge in [0.2, 0.25) is 0 Å². The molecule has 0 saturated heterocycles. The van der Waals surface area contributed by atoms with E-state index in [4.69, 9.17) is 10.3 Å². The third-order valence-electron chi connectivity index (χ3n) is 3.18. The molecule has 0 aliphatic carbocycles. The van der Waals surface area contributed by atoms with Crippen molar-refractivity contribution in [2.75, 3.05) is 6.61 Å². The molecule has 0 saturated carbocycles. The van der Waals surface area contributed by atoms with E-state index in [1.54, 1.807) is 6.92 Å². The fourth-order valence-electron chi connectivity index (χ4n) is 2.64. The van der Waals surface area contributed by atoms with Gasteiger partial charge in [0.1, 0.15) is 0 Å². The molecule has 0 heterocycles. The van der Waals surface area contributed by atoms with Gasteiger partial charge in [-0.25, -0.2) is 10.3 Å². The molecule has 0 aliphatic rings. The Labute approximate surface area is 123 Å². The summed E-state index contributed by atoms with van der Waals surface area (Å²) in [5, 5.41) is 3.94. The van der Waals surface area contributed by atoms with E-state index in [-0.39, 0.29) is 11.5 Å². The lowest BCUT2D eigenvalue weighted by molar-refractivity contribution is -0.139. The van der Waals surface area contributed by atoms with Crippen LogP contribution >= 0.6 is 0 Å². The highest BCUT2D eigenvalue weighted by Gasteiger charge is 2.31. The van der Waals surface area contributed by atoms with Crippen LogP contribution < -0.4 is 0 Å². The molecule has 0 bridgehead atoms. The van der Waals surface area contributed by atoms with Crippen LogP contribution in [0.25, 0.3) is 0 Å². The number of hydrogen-bond acceptors (Lipinski definition) is 4. The first-order valence-electron chi connectivity index (χ1n) is 7.43. The summed E-state index contributed by atoms with van der Waals surface area (Å²) in [5.74, 6) is 0.660. The molecule has 4 heteroatoms. The Hall–Kier alpha value is -1.19. The van der Waals surface area contributed by atoms with Gasteiger partial charge in [0.05, 0.1) is 12.1 Å². The summed E-state index contributed by atoms with van der Waals surface area (Å²) in [5.41, 5.74) is 7.70. The summed E-state index contributed by atoms with van der Waals surface area (Å²) in [7, 11) is 0. The fourth-order valence-corrected chi connectivity index (χ4v) is 2.64. The van der Waals surface area contributed by atoms with E-state index in [1.165, 1.54) is 0 Å². The van der Waals surface area contributed by atoms with E-state index in [1.807, 2.05) is 0 Å². The molecule has 1 N–H and O–H groups in total. The molecule has 0 aromatic rings. The third kappa shape index (κ3) is 7.41. The van der Waals surface area contributed by atoms with Crippen LogP contribution in [0.2, 0.25) is 0 Å². The Morgan fingerprint density at radius 1 is 1.25 bits per heavy atom. The van der Waals surface area contributed by atoms with Crippen LogP contribution in [-0.4, -0.2) is 18.1 Å². The largest absolute Gasteiger partial charge is 0.462 e. The van der Waals surface area contributed by atoms with Gasteiger partial charge in [0.25, 0.3) is 0 Å². The van der Waals surface area contributed by atoms with Gasteiger partial charge in [0, 0.05) is 5.57 Å². The van der Waals surface area contributed by atoms with E-state index in [0.717, 1.165) is 25.7 Å². The normalized spacial score (nSPS) is 11.8. The van der Waals surface area contributed by atoms with Crippen LogP contribution in [0.4, 0.5) is 0 Å². The van der Waals surface area contributed by atoms with Gasteiger partial charge in [-0.3, -0.25) is 0 Å². The number of carbonyl (C=O) groups excluding carboxylic acids is 1. The van der Waals surface area contributed by atoms with E-state index in [2.05, 4.69) is 39.4 Å². The zero-order valence-corrected chi connectivity index (χ0v) is 13.7. The minimum absolute atomic E-state index is 0.308. The average molecular weight is 282 g/mol. The van der Waals surface area contributed by atoms with Crippen LogP contribution in [0.3, 0.4) is 0 Å². The average Bonchev–Trinajstić information content (AvgIpc) is 2.32. The minimum Gasteiger partial charge on any atom is -0.462 e. The molecule has 20 heavy (non-hydrogen) atoms. The summed E-state index contributed by atoms with van der Waals surface area (Å²) < 4.78 is 5.11. The Morgan fingerprint density at radius 2 is 1.75 bits per heavy atom. The van der Waals surface area contributed by atoms with Crippen molar-refractivity contribution in [2.24, 2.45) is 17.0 Å². The molecule has 0 unspecified atom stereocenters. The lowest BCUT2D eigenvalue weighted by atomic mass is 9.79. The second-order valence-electron chi connectivity index (χ2n) is 6.55. The van der Waals surface area contributed by atoms with E-state index < -0.39 is 0 Å². The van der Waals surface area contributed by atoms with E-state index in [0.29, 0.717) is 24.0 Å². The Balaban J connectivity index is 4.45. The zero-order chi connectivity index (χ0) is 15.8. The Morgan fingerprint density at radius 3 is 2.10 bits per heavy atom. The molecular weight excluding hydrogens is 252 g/mol. The first-order valence-corrected chi connectivity index (χ1v) is 7.43. The monoisotopic (exact) mass is 282 g/mol. The number of nitrogens with zero attached hydrogens (tertiary/aromatic N) is 1. The molecule has 0 spiro atoms. The first kappa shape index (κ1) is 18.8. The van der Waals surface area contributed by atoms with Gasteiger partial charge < -0.3 is 4.74 Å². The maximum absolute atomic E-state index is 11.3. The van der Waals surface area contributed by atoms with Gasteiger partial charge in [-0.2, -0.15) is 5.11 Å². The molecule has 0 aromatic heterocycles. The van der Waals surface area contributed by atoms with Crippen LogP contribution in [0.5, 0.6) is 0 Å². The van der Waals surface area contributed by atoms with E-state index >= 15 is 0 Å². The number of rotatable bonds is 10. The minimum atomic E-state index is -0.342. The lowest BCUT2D eigenvalue weighted by Gasteiger charge is -2.31. The number of ether oxygens (including phenoxy) is 1. The smallest absolute Gasteiger partial charge is 0.333 e. The molecule has 0 aromatic carbocycles. The van der Waals surface area contributed by atoms with Crippen LogP contribution in [0.1, 0.15) is 60.3 Å². The van der Waals surface area contributed by atoms with Gasteiger partial charge in [0.15, 0.2) is 0 Å². The molecule has 0 aliphatic heterocycles. The lowest BCUT2D eigenvalue weighted by Crippen LogP contribution is -2.30. The van der Waals surface area contributed by atoms with Gasteiger partial charge >= 0.3 is 5.97 Å². The van der Waals surface area contributed by atoms with Gasteiger partial charge in [-0.1, -0.05) is 34.3 Å². The molecule has 116 valence electrons. The highest BCUT2D eigenvalue weighted by molar-refractivity contribution is 5.86. The molecular formula is C16H30N2O2. The highest BCUT2D eigenvalue weighted by Crippen LogP contribution is 2.33. The summed E-state index contributed by atoms with van der Waals surface area (Å²) in [4.78, 5) is 11.3. The van der Waals surface area contributed by atoms with Crippen molar-refractivity contribution in [3.05, 3.63) is 12.2 Å².